The molecule has 0 bridgehead atoms. The average Bonchev–Trinajstić information content (AvgIpc) is 3.13. The Morgan fingerprint density at radius 1 is 1.11 bits per heavy atom. The van der Waals surface area contributed by atoms with Crippen LogP contribution in [0, 0.1) is 0 Å². The summed E-state index contributed by atoms with van der Waals surface area (Å²) in [6, 6.07) is 7.41. The van der Waals surface area contributed by atoms with Crippen molar-refractivity contribution in [3.05, 3.63) is 35.7 Å². The van der Waals surface area contributed by atoms with E-state index >= 15 is 0 Å². The Morgan fingerprint density at radius 3 is 2.41 bits per heavy atom. The number of nitrogens with zero attached hydrogens (tertiary/aromatic N) is 3. The van der Waals surface area contributed by atoms with Gasteiger partial charge in [-0.05, 0) is 18.4 Å². The van der Waals surface area contributed by atoms with Crippen molar-refractivity contribution < 1.29 is 9.63 Å². The Balaban J connectivity index is 0.00000364. The van der Waals surface area contributed by atoms with Crippen LogP contribution in [-0.4, -0.2) is 27.8 Å². The molecule has 2 rings (SSSR count). The largest absolute Gasteiger partial charge is 0.394 e. The average molecular weight is 396 g/mol. The first-order valence-corrected chi connectivity index (χ1v) is 9.26. The Bertz CT molecular complexity index is 684. The molecule has 0 aliphatic heterocycles. The van der Waals surface area contributed by atoms with Crippen molar-refractivity contribution >= 4 is 18.4 Å². The zero-order valence-corrected chi connectivity index (χ0v) is 16.6. The summed E-state index contributed by atoms with van der Waals surface area (Å²) >= 11 is 0. The molecule has 1 atom stereocenters. The second kappa shape index (κ2) is 12.3. The first-order valence-electron chi connectivity index (χ1n) is 9.26. The molecule has 5 N–H and O–H groups in total. The number of aromatic nitrogens is 2. The summed E-state index contributed by atoms with van der Waals surface area (Å²) in [5, 5.41) is 13.3. The van der Waals surface area contributed by atoms with Crippen molar-refractivity contribution in [2.75, 3.05) is 6.61 Å². The second-order valence-electron chi connectivity index (χ2n) is 6.42. The molecule has 0 unspecified atom stereocenters. The molecule has 8 heteroatoms. The van der Waals surface area contributed by atoms with Crippen molar-refractivity contribution in [1.82, 2.24) is 10.1 Å². The molecule has 0 saturated heterocycles. The van der Waals surface area contributed by atoms with Gasteiger partial charge in [-0.2, -0.15) is 4.98 Å². The van der Waals surface area contributed by atoms with Crippen LogP contribution in [0.25, 0.3) is 11.4 Å². The Hall–Kier alpha value is -2.12. The van der Waals surface area contributed by atoms with E-state index in [0.717, 1.165) is 12.0 Å². The minimum atomic E-state index is -0.742. The molecular formula is C19H30ClN5O2. The smallest absolute Gasteiger partial charge is 0.254 e. The fourth-order valence-corrected chi connectivity index (χ4v) is 2.77. The van der Waals surface area contributed by atoms with Gasteiger partial charge in [-0.3, -0.25) is 0 Å². The minimum absolute atomic E-state index is 0. The number of halogens is 1. The van der Waals surface area contributed by atoms with E-state index < -0.39 is 6.04 Å². The topological polar surface area (TPSA) is 124 Å². The van der Waals surface area contributed by atoms with E-state index in [2.05, 4.69) is 34.2 Å². The molecule has 0 fully saturated rings. The summed E-state index contributed by atoms with van der Waals surface area (Å²) in [4.78, 5) is 8.16. The van der Waals surface area contributed by atoms with Gasteiger partial charge >= 0.3 is 0 Å². The van der Waals surface area contributed by atoms with Gasteiger partial charge in [0, 0.05) is 5.56 Å². The van der Waals surface area contributed by atoms with Gasteiger partial charge < -0.3 is 21.1 Å². The lowest BCUT2D eigenvalue weighted by molar-refractivity contribution is 0.238. The fourth-order valence-electron chi connectivity index (χ4n) is 2.77. The van der Waals surface area contributed by atoms with Crippen LogP contribution in [0.5, 0.6) is 0 Å². The van der Waals surface area contributed by atoms with Gasteiger partial charge in [-0.15, -0.1) is 12.4 Å². The van der Waals surface area contributed by atoms with Crippen LogP contribution in [0.4, 0.5) is 0 Å². The van der Waals surface area contributed by atoms with Gasteiger partial charge in [-0.25, -0.2) is 4.99 Å². The standard InChI is InChI=1S/C19H29N5O2.ClH/c1-2-3-4-5-6-7-8-14-9-11-15(12-10-14)17-23-18(26-24-17)16(13-25)22-19(20)21;/h9-12,16,25H,2-8,13H2,1H3,(H4,20,21,22);1H/t16-;/m0./s1. The molecular weight excluding hydrogens is 366 g/mol. The SMILES string of the molecule is CCCCCCCCc1ccc(-c2noc([C@H](CO)N=C(N)N)n2)cc1.Cl. The third-order valence-electron chi connectivity index (χ3n) is 4.24. The van der Waals surface area contributed by atoms with E-state index in [0.29, 0.717) is 5.82 Å². The molecule has 7 nitrogen and oxygen atoms in total. The number of hydrogen-bond acceptors (Lipinski definition) is 5. The summed E-state index contributed by atoms with van der Waals surface area (Å²) in [6.07, 6.45) is 8.85. The van der Waals surface area contributed by atoms with Gasteiger partial charge in [0.25, 0.3) is 5.89 Å². The van der Waals surface area contributed by atoms with Crippen LogP contribution >= 0.6 is 12.4 Å². The number of aliphatic hydroxyl groups is 1. The highest BCUT2D eigenvalue weighted by atomic mass is 35.5. The first kappa shape index (κ1) is 22.9. The number of rotatable bonds is 11. The van der Waals surface area contributed by atoms with E-state index in [9.17, 15) is 5.11 Å². The Labute approximate surface area is 166 Å². The van der Waals surface area contributed by atoms with Crippen LogP contribution < -0.4 is 11.5 Å². The third kappa shape index (κ3) is 7.56. The number of aliphatic hydroxyl groups excluding tert-OH is 1. The van der Waals surface area contributed by atoms with Crippen LogP contribution in [0.3, 0.4) is 0 Å². The number of aryl methyl sites for hydroxylation is 1. The predicted octanol–water partition coefficient (Wildman–Crippen LogP) is 3.37. The molecule has 150 valence electrons. The number of nitrogens with two attached hydrogens (primary N) is 2. The molecule has 1 heterocycles. The van der Waals surface area contributed by atoms with Crippen molar-refractivity contribution in [3.63, 3.8) is 0 Å². The normalized spacial score (nSPS) is 11.6. The maximum Gasteiger partial charge on any atom is 0.254 e. The van der Waals surface area contributed by atoms with Crippen LogP contribution in [0.2, 0.25) is 0 Å². The van der Waals surface area contributed by atoms with Gasteiger partial charge in [0.15, 0.2) is 12.0 Å². The lowest BCUT2D eigenvalue weighted by atomic mass is 10.0. The molecule has 0 radical (unpaired) electrons. The van der Waals surface area contributed by atoms with Gasteiger partial charge in [-0.1, -0.05) is 68.4 Å². The molecule has 0 aliphatic carbocycles. The molecule has 0 spiro atoms. The quantitative estimate of drug-likeness (QED) is 0.304. The summed E-state index contributed by atoms with van der Waals surface area (Å²) in [5.41, 5.74) is 12.8. The van der Waals surface area contributed by atoms with Crippen LogP contribution in [-0.2, 0) is 6.42 Å². The van der Waals surface area contributed by atoms with E-state index in [1.165, 1.54) is 44.1 Å². The maximum absolute atomic E-state index is 9.35. The van der Waals surface area contributed by atoms with Crippen LogP contribution in [0.1, 0.15) is 62.9 Å². The van der Waals surface area contributed by atoms with Crippen molar-refractivity contribution in [3.8, 4) is 11.4 Å². The Kier molecular flexibility index (Phi) is 10.4. The highest BCUT2D eigenvalue weighted by molar-refractivity contribution is 5.85. The summed E-state index contributed by atoms with van der Waals surface area (Å²) in [7, 11) is 0. The fraction of sp³-hybridized carbons (Fsp3) is 0.526. The highest BCUT2D eigenvalue weighted by Crippen LogP contribution is 2.21. The van der Waals surface area contributed by atoms with E-state index in [1.54, 1.807) is 0 Å². The van der Waals surface area contributed by atoms with Crippen LogP contribution in [0.15, 0.2) is 33.8 Å². The first-order chi connectivity index (χ1) is 12.6. The van der Waals surface area contributed by atoms with E-state index in [1.807, 2.05) is 12.1 Å². The van der Waals surface area contributed by atoms with E-state index in [-0.39, 0.29) is 30.9 Å². The molecule has 0 saturated carbocycles. The lowest BCUT2D eigenvalue weighted by Gasteiger charge is -2.03. The van der Waals surface area contributed by atoms with E-state index in [4.69, 9.17) is 16.0 Å². The molecule has 27 heavy (non-hydrogen) atoms. The van der Waals surface area contributed by atoms with Gasteiger partial charge in [0.2, 0.25) is 5.82 Å². The zero-order valence-electron chi connectivity index (χ0n) is 15.8. The maximum atomic E-state index is 9.35. The third-order valence-corrected chi connectivity index (χ3v) is 4.24. The minimum Gasteiger partial charge on any atom is -0.394 e. The van der Waals surface area contributed by atoms with Gasteiger partial charge in [0.1, 0.15) is 0 Å². The molecule has 0 amide bonds. The number of hydrogen-bond donors (Lipinski definition) is 3. The number of unbranched alkanes of at least 4 members (excludes halogenated alkanes) is 5. The van der Waals surface area contributed by atoms with Crippen molar-refractivity contribution in [2.24, 2.45) is 16.5 Å². The zero-order chi connectivity index (χ0) is 18.8. The Morgan fingerprint density at radius 2 is 1.78 bits per heavy atom. The number of benzene rings is 1. The molecule has 1 aromatic carbocycles. The van der Waals surface area contributed by atoms with Crippen molar-refractivity contribution in [2.45, 2.75) is 57.9 Å². The van der Waals surface area contributed by atoms with Crippen molar-refractivity contribution in [1.29, 1.82) is 0 Å². The summed E-state index contributed by atoms with van der Waals surface area (Å²) in [6.45, 7) is 1.93. The summed E-state index contributed by atoms with van der Waals surface area (Å²) in [5.74, 6) is 0.505. The van der Waals surface area contributed by atoms with Gasteiger partial charge in [0.05, 0.1) is 6.61 Å². The number of aliphatic imine (C=N–C) groups is 1. The highest BCUT2D eigenvalue weighted by Gasteiger charge is 2.18. The lowest BCUT2D eigenvalue weighted by Crippen LogP contribution is -2.24. The number of guanidine groups is 1. The second-order valence-corrected chi connectivity index (χ2v) is 6.42. The molecule has 2 aromatic rings. The monoisotopic (exact) mass is 395 g/mol. The predicted molar refractivity (Wildman–Crippen MR) is 110 cm³/mol. The molecule has 1 aromatic heterocycles. The molecule has 0 aliphatic rings. The summed E-state index contributed by atoms with van der Waals surface area (Å²) < 4.78 is 5.18.